The molecule has 0 saturated carbocycles. The summed E-state index contributed by atoms with van der Waals surface area (Å²) in [5, 5.41) is 0. The van der Waals surface area contributed by atoms with E-state index in [1.807, 2.05) is 6.07 Å². The molecule has 0 amide bonds. The van der Waals surface area contributed by atoms with E-state index in [1.165, 1.54) is 12.1 Å². The molecule has 0 unspecified atom stereocenters. The van der Waals surface area contributed by atoms with E-state index in [-0.39, 0.29) is 0 Å². The van der Waals surface area contributed by atoms with Crippen molar-refractivity contribution in [1.29, 1.82) is 0 Å². The Morgan fingerprint density at radius 3 is 2.27 bits per heavy atom. The Labute approximate surface area is 94.5 Å². The van der Waals surface area contributed by atoms with Gasteiger partial charge in [0.25, 0.3) is 0 Å². The zero-order chi connectivity index (χ0) is 11.1. The van der Waals surface area contributed by atoms with Crippen LogP contribution in [0.5, 0.6) is 0 Å². The molecule has 0 N–H and O–H groups in total. The van der Waals surface area contributed by atoms with Gasteiger partial charge in [0.15, 0.2) is 0 Å². The Morgan fingerprint density at radius 2 is 1.80 bits per heavy atom. The molecule has 2 nitrogen and oxygen atoms in total. The minimum absolute atomic E-state index is 1.05. The zero-order valence-electron chi connectivity index (χ0n) is 10.2. The molecule has 0 aliphatic carbocycles. The fourth-order valence-electron chi connectivity index (χ4n) is 2.69. The van der Waals surface area contributed by atoms with Gasteiger partial charge in [0, 0.05) is 6.54 Å². The molecule has 2 rings (SSSR count). The molecule has 0 aromatic carbocycles. The molecule has 2 heterocycles. The largest absolute Gasteiger partial charge is 0.468 e. The first kappa shape index (κ1) is 11.2. The molecule has 1 fully saturated rings. The molecule has 0 atom stereocenters. The summed E-state index contributed by atoms with van der Waals surface area (Å²) in [5.74, 6) is 1.14. The molecular formula is C11H21NOSi2. The van der Waals surface area contributed by atoms with Gasteiger partial charge >= 0.3 is 0 Å². The number of nitrogens with zero attached hydrogens (tertiary/aromatic N) is 1. The van der Waals surface area contributed by atoms with Crippen molar-refractivity contribution in [3.63, 3.8) is 0 Å². The van der Waals surface area contributed by atoms with Gasteiger partial charge in [0.2, 0.25) is 0 Å². The zero-order valence-corrected chi connectivity index (χ0v) is 12.2. The normalized spacial score (nSPS) is 24.5. The summed E-state index contributed by atoms with van der Waals surface area (Å²) in [6, 6.07) is 7.03. The van der Waals surface area contributed by atoms with Gasteiger partial charge in [-0.15, -0.1) is 0 Å². The van der Waals surface area contributed by atoms with Gasteiger partial charge in [-0.2, -0.15) is 0 Å². The smallest absolute Gasteiger partial charge is 0.116 e. The van der Waals surface area contributed by atoms with Crippen LogP contribution in [0.4, 0.5) is 0 Å². The summed E-state index contributed by atoms with van der Waals surface area (Å²) in [5.41, 5.74) is 0. The van der Waals surface area contributed by atoms with Crippen molar-refractivity contribution in [3.8, 4) is 0 Å². The first-order chi connectivity index (χ1) is 6.92. The maximum Gasteiger partial charge on any atom is 0.116 e. The molecule has 1 aromatic rings. The van der Waals surface area contributed by atoms with Gasteiger partial charge in [0.05, 0.1) is 6.26 Å². The highest BCUT2D eigenvalue weighted by atomic mass is 28.4. The SMILES string of the molecule is C[Si]1(C)CC[Si](C)(C)N1Cc1ccco1. The number of rotatable bonds is 2. The Bertz CT molecular complexity index is 316. The second-order valence-electron chi connectivity index (χ2n) is 5.79. The lowest BCUT2D eigenvalue weighted by Gasteiger charge is -2.38. The van der Waals surface area contributed by atoms with E-state index in [0.717, 1.165) is 12.3 Å². The monoisotopic (exact) mass is 239 g/mol. The van der Waals surface area contributed by atoms with Crippen LogP contribution in [0.25, 0.3) is 0 Å². The van der Waals surface area contributed by atoms with Crippen LogP contribution in [0.1, 0.15) is 5.76 Å². The lowest BCUT2D eigenvalue weighted by atomic mass is 10.5. The summed E-state index contributed by atoms with van der Waals surface area (Å²) >= 11 is 0. The van der Waals surface area contributed by atoms with Crippen molar-refractivity contribution >= 4 is 16.5 Å². The highest BCUT2D eigenvalue weighted by molar-refractivity contribution is 6.95. The van der Waals surface area contributed by atoms with Crippen LogP contribution >= 0.6 is 0 Å². The minimum Gasteiger partial charge on any atom is -0.468 e. The van der Waals surface area contributed by atoms with Gasteiger partial charge in [-0.3, -0.25) is 0 Å². The maximum absolute atomic E-state index is 5.48. The van der Waals surface area contributed by atoms with Crippen LogP contribution in [0.3, 0.4) is 0 Å². The molecule has 1 aliphatic heterocycles. The van der Waals surface area contributed by atoms with Gasteiger partial charge < -0.3 is 8.65 Å². The van der Waals surface area contributed by atoms with E-state index in [9.17, 15) is 0 Å². The molecule has 84 valence electrons. The number of hydrogen-bond acceptors (Lipinski definition) is 2. The summed E-state index contributed by atoms with van der Waals surface area (Å²) in [4.78, 5) is 0. The van der Waals surface area contributed by atoms with Gasteiger partial charge in [-0.25, -0.2) is 0 Å². The van der Waals surface area contributed by atoms with E-state index in [1.54, 1.807) is 6.26 Å². The van der Waals surface area contributed by atoms with Crippen molar-refractivity contribution in [3.05, 3.63) is 24.2 Å². The van der Waals surface area contributed by atoms with Crippen LogP contribution in [0.15, 0.2) is 22.8 Å². The lowest BCUT2D eigenvalue weighted by Crippen LogP contribution is -2.53. The van der Waals surface area contributed by atoms with Crippen LogP contribution in [-0.2, 0) is 6.54 Å². The van der Waals surface area contributed by atoms with Crippen molar-refractivity contribution < 1.29 is 4.42 Å². The molecule has 0 spiro atoms. The highest BCUT2D eigenvalue weighted by Crippen LogP contribution is 2.37. The maximum atomic E-state index is 5.48. The highest BCUT2D eigenvalue weighted by Gasteiger charge is 2.47. The summed E-state index contributed by atoms with van der Waals surface area (Å²) in [7, 11) is -2.25. The van der Waals surface area contributed by atoms with Gasteiger partial charge in [-0.1, -0.05) is 26.2 Å². The minimum atomic E-state index is -1.13. The van der Waals surface area contributed by atoms with Crippen LogP contribution in [0.2, 0.25) is 38.3 Å². The average Bonchev–Trinajstić information content (AvgIpc) is 2.69. The second-order valence-corrected chi connectivity index (χ2v) is 15.6. The summed E-state index contributed by atoms with van der Waals surface area (Å²) in [6.45, 7) is 11.0. The van der Waals surface area contributed by atoms with Crippen molar-refractivity contribution in [2.45, 2.75) is 44.8 Å². The third-order valence-electron chi connectivity index (χ3n) is 3.70. The first-order valence-electron chi connectivity index (χ1n) is 5.72. The van der Waals surface area contributed by atoms with Crippen molar-refractivity contribution in [2.24, 2.45) is 0 Å². The topological polar surface area (TPSA) is 16.4 Å². The van der Waals surface area contributed by atoms with E-state index < -0.39 is 16.5 Å². The molecular weight excluding hydrogens is 218 g/mol. The lowest BCUT2D eigenvalue weighted by molar-refractivity contribution is 0.458. The Hall–Kier alpha value is -0.326. The standard InChI is InChI=1S/C11H21NOSi2/c1-14(2)8-9-15(3,4)12(14)10-11-6-5-7-13-11/h5-7H,8-10H2,1-4H3. The predicted octanol–water partition coefficient (Wildman–Crippen LogP) is 3.51. The molecule has 0 radical (unpaired) electrons. The van der Waals surface area contributed by atoms with E-state index in [4.69, 9.17) is 4.42 Å². The fraction of sp³-hybridized carbons (Fsp3) is 0.636. The summed E-state index contributed by atoms with van der Waals surface area (Å²) < 4.78 is 8.32. The van der Waals surface area contributed by atoms with Gasteiger partial charge in [0.1, 0.15) is 22.2 Å². The van der Waals surface area contributed by atoms with E-state index in [2.05, 4.69) is 36.5 Å². The predicted molar refractivity (Wildman–Crippen MR) is 68.8 cm³/mol. The van der Waals surface area contributed by atoms with E-state index >= 15 is 0 Å². The Morgan fingerprint density at radius 1 is 1.20 bits per heavy atom. The summed E-state index contributed by atoms with van der Waals surface area (Å²) in [6.07, 6.45) is 1.79. The number of furan rings is 1. The van der Waals surface area contributed by atoms with E-state index in [0.29, 0.717) is 0 Å². The third-order valence-corrected chi connectivity index (χ3v) is 14.0. The Kier molecular flexibility index (Phi) is 2.69. The molecule has 1 aromatic heterocycles. The van der Waals surface area contributed by atoms with Crippen LogP contribution < -0.4 is 0 Å². The molecule has 4 heteroatoms. The van der Waals surface area contributed by atoms with Crippen LogP contribution in [0, 0.1) is 0 Å². The van der Waals surface area contributed by atoms with Gasteiger partial charge in [-0.05, 0) is 24.2 Å². The molecule has 15 heavy (non-hydrogen) atoms. The molecule has 1 aliphatic rings. The Balaban J connectivity index is 2.18. The fourth-order valence-corrected chi connectivity index (χ4v) is 16.5. The second kappa shape index (κ2) is 3.61. The number of hydrogen-bond donors (Lipinski definition) is 0. The molecule has 1 saturated heterocycles. The third kappa shape index (κ3) is 2.12. The molecule has 0 bridgehead atoms. The quantitative estimate of drug-likeness (QED) is 0.734. The van der Waals surface area contributed by atoms with Crippen molar-refractivity contribution in [1.82, 2.24) is 4.23 Å². The van der Waals surface area contributed by atoms with Crippen molar-refractivity contribution in [2.75, 3.05) is 0 Å². The average molecular weight is 239 g/mol. The van der Waals surface area contributed by atoms with Crippen LogP contribution in [-0.4, -0.2) is 20.7 Å². The first-order valence-corrected chi connectivity index (χ1v) is 12.0.